The van der Waals surface area contributed by atoms with Crippen LogP contribution in [0.1, 0.15) is 19.4 Å². The van der Waals surface area contributed by atoms with E-state index < -0.39 is 11.9 Å². The fourth-order valence-electron chi connectivity index (χ4n) is 1.46. The molecule has 0 aromatic heterocycles. The van der Waals surface area contributed by atoms with Crippen LogP contribution in [0.15, 0.2) is 28.7 Å². The molecule has 0 aliphatic heterocycles. The predicted molar refractivity (Wildman–Crippen MR) is 73.8 cm³/mol. The fraction of sp³-hybridized carbons (Fsp3) is 0.385. The molecule has 0 saturated heterocycles. The highest BCUT2D eigenvalue weighted by Gasteiger charge is 2.19. The highest BCUT2D eigenvalue weighted by atomic mass is 79.9. The third-order valence-corrected chi connectivity index (χ3v) is 3.01. The van der Waals surface area contributed by atoms with Gasteiger partial charge in [0.25, 0.3) is 0 Å². The van der Waals surface area contributed by atoms with Crippen molar-refractivity contribution in [3.8, 4) is 0 Å². The Balaban J connectivity index is 2.75. The third-order valence-electron chi connectivity index (χ3n) is 2.51. The van der Waals surface area contributed by atoms with Crippen LogP contribution >= 0.6 is 15.9 Å². The molecule has 18 heavy (non-hydrogen) atoms. The molecule has 0 bridgehead atoms. The molecule has 2 amide bonds. The van der Waals surface area contributed by atoms with Gasteiger partial charge in [0.15, 0.2) is 0 Å². The summed E-state index contributed by atoms with van der Waals surface area (Å²) in [5, 5.41) is 2.66. The number of primary amides is 1. The molecule has 5 heteroatoms. The first kappa shape index (κ1) is 14.7. The number of amides is 2. The maximum absolute atomic E-state index is 11.6. The van der Waals surface area contributed by atoms with E-state index >= 15 is 0 Å². The molecule has 0 aliphatic carbocycles. The smallest absolute Gasteiger partial charge is 0.240 e. The van der Waals surface area contributed by atoms with E-state index in [0.29, 0.717) is 6.42 Å². The van der Waals surface area contributed by atoms with Crippen LogP contribution in [0.4, 0.5) is 0 Å². The molecule has 0 saturated carbocycles. The Kier molecular flexibility index (Phi) is 5.34. The fourth-order valence-corrected chi connectivity index (χ4v) is 1.91. The zero-order valence-electron chi connectivity index (χ0n) is 10.4. The first-order valence-electron chi connectivity index (χ1n) is 5.74. The first-order valence-corrected chi connectivity index (χ1v) is 6.53. The second-order valence-electron chi connectivity index (χ2n) is 4.45. The molecule has 1 aromatic rings. The average molecular weight is 313 g/mol. The van der Waals surface area contributed by atoms with Gasteiger partial charge in [0.05, 0.1) is 0 Å². The lowest BCUT2D eigenvalue weighted by molar-refractivity contribution is -0.129. The molecule has 1 atom stereocenters. The van der Waals surface area contributed by atoms with E-state index in [-0.39, 0.29) is 11.8 Å². The zero-order chi connectivity index (χ0) is 13.7. The summed E-state index contributed by atoms with van der Waals surface area (Å²) in [6.07, 6.45) is 0.396. The minimum Gasteiger partial charge on any atom is -0.368 e. The number of nitrogens with two attached hydrogens (primary N) is 1. The Morgan fingerprint density at radius 2 is 2.06 bits per heavy atom. The van der Waals surface area contributed by atoms with Gasteiger partial charge in [-0.25, -0.2) is 0 Å². The first-order chi connectivity index (χ1) is 8.40. The van der Waals surface area contributed by atoms with E-state index in [1.54, 1.807) is 13.8 Å². The molecule has 0 fully saturated rings. The molecule has 0 heterocycles. The Morgan fingerprint density at radius 1 is 1.39 bits per heavy atom. The third kappa shape index (κ3) is 4.49. The SMILES string of the molecule is CC(C)C(=O)N[C@@H](Cc1cccc(Br)c1)C(N)=O. The van der Waals surface area contributed by atoms with Gasteiger partial charge in [-0.2, -0.15) is 0 Å². The van der Waals surface area contributed by atoms with Gasteiger partial charge in [-0.1, -0.05) is 41.9 Å². The number of halogens is 1. The lowest BCUT2D eigenvalue weighted by atomic mass is 10.0. The van der Waals surface area contributed by atoms with E-state index in [1.165, 1.54) is 0 Å². The quantitative estimate of drug-likeness (QED) is 0.867. The molecule has 98 valence electrons. The molecule has 1 aromatic carbocycles. The van der Waals surface area contributed by atoms with Gasteiger partial charge in [0, 0.05) is 16.8 Å². The Morgan fingerprint density at radius 3 is 2.56 bits per heavy atom. The van der Waals surface area contributed by atoms with Crippen molar-refractivity contribution in [2.75, 3.05) is 0 Å². The van der Waals surface area contributed by atoms with Gasteiger partial charge < -0.3 is 11.1 Å². The summed E-state index contributed by atoms with van der Waals surface area (Å²) < 4.78 is 0.929. The summed E-state index contributed by atoms with van der Waals surface area (Å²) in [6, 6.07) is 6.89. The van der Waals surface area contributed by atoms with Gasteiger partial charge in [0.2, 0.25) is 11.8 Å². The van der Waals surface area contributed by atoms with Crippen LogP contribution in [-0.4, -0.2) is 17.9 Å². The van der Waals surface area contributed by atoms with Gasteiger partial charge in [-0.3, -0.25) is 9.59 Å². The number of nitrogens with one attached hydrogen (secondary N) is 1. The van der Waals surface area contributed by atoms with Crippen LogP contribution in [0.25, 0.3) is 0 Å². The van der Waals surface area contributed by atoms with Crippen molar-refractivity contribution in [1.29, 1.82) is 0 Å². The summed E-state index contributed by atoms with van der Waals surface area (Å²) >= 11 is 3.36. The molecular weight excluding hydrogens is 296 g/mol. The number of rotatable bonds is 5. The van der Waals surface area contributed by atoms with E-state index in [4.69, 9.17) is 5.73 Å². The van der Waals surface area contributed by atoms with Gasteiger partial charge in [-0.15, -0.1) is 0 Å². The van der Waals surface area contributed by atoms with Crippen LogP contribution < -0.4 is 11.1 Å². The lowest BCUT2D eigenvalue weighted by Gasteiger charge is -2.17. The highest BCUT2D eigenvalue weighted by Crippen LogP contribution is 2.13. The van der Waals surface area contributed by atoms with Gasteiger partial charge >= 0.3 is 0 Å². The largest absolute Gasteiger partial charge is 0.368 e. The maximum Gasteiger partial charge on any atom is 0.240 e. The molecule has 0 unspecified atom stereocenters. The molecule has 1 rings (SSSR count). The number of carbonyl (C=O) groups excluding carboxylic acids is 2. The van der Waals surface area contributed by atoms with Gasteiger partial charge in [0.1, 0.15) is 6.04 Å². The van der Waals surface area contributed by atoms with Crippen LogP contribution in [-0.2, 0) is 16.0 Å². The van der Waals surface area contributed by atoms with E-state index in [1.807, 2.05) is 24.3 Å². The summed E-state index contributed by atoms with van der Waals surface area (Å²) in [6.45, 7) is 3.54. The Labute approximate surface area is 115 Å². The van der Waals surface area contributed by atoms with Crippen molar-refractivity contribution in [1.82, 2.24) is 5.32 Å². The molecule has 0 aliphatic rings. The minimum atomic E-state index is -0.672. The summed E-state index contributed by atoms with van der Waals surface area (Å²) in [5.41, 5.74) is 6.25. The summed E-state index contributed by atoms with van der Waals surface area (Å²) in [7, 11) is 0. The zero-order valence-corrected chi connectivity index (χ0v) is 12.0. The van der Waals surface area contributed by atoms with Crippen LogP contribution in [0.2, 0.25) is 0 Å². The number of hydrogen-bond donors (Lipinski definition) is 2. The van der Waals surface area contributed by atoms with Crippen LogP contribution in [0, 0.1) is 5.92 Å². The highest BCUT2D eigenvalue weighted by molar-refractivity contribution is 9.10. The van der Waals surface area contributed by atoms with E-state index in [9.17, 15) is 9.59 Å². The van der Waals surface area contributed by atoms with E-state index in [0.717, 1.165) is 10.0 Å². The van der Waals surface area contributed by atoms with Crippen molar-refractivity contribution >= 4 is 27.7 Å². The minimum absolute atomic E-state index is 0.172. The average Bonchev–Trinajstić information content (AvgIpc) is 2.27. The summed E-state index contributed by atoms with van der Waals surface area (Å²) in [4.78, 5) is 22.9. The van der Waals surface area contributed by atoms with E-state index in [2.05, 4.69) is 21.2 Å². The standard InChI is InChI=1S/C13H17BrN2O2/c1-8(2)13(18)16-11(12(15)17)7-9-4-3-5-10(14)6-9/h3-6,8,11H,7H2,1-2H3,(H2,15,17)(H,16,18)/t11-/m0/s1. The molecule has 0 spiro atoms. The van der Waals surface area contributed by atoms with Crippen molar-refractivity contribution in [2.45, 2.75) is 26.3 Å². The maximum atomic E-state index is 11.6. The summed E-state index contributed by atoms with van der Waals surface area (Å²) in [5.74, 6) is -0.868. The van der Waals surface area contributed by atoms with Crippen LogP contribution in [0.3, 0.4) is 0 Å². The van der Waals surface area contributed by atoms with Crippen molar-refractivity contribution in [2.24, 2.45) is 11.7 Å². The normalized spacial score (nSPS) is 12.2. The Bertz CT molecular complexity index is 446. The number of benzene rings is 1. The monoisotopic (exact) mass is 312 g/mol. The second-order valence-corrected chi connectivity index (χ2v) is 5.37. The Hall–Kier alpha value is -1.36. The predicted octanol–water partition coefficient (Wildman–Crippen LogP) is 1.62. The molecule has 4 nitrogen and oxygen atoms in total. The molecular formula is C13H17BrN2O2. The second kappa shape index (κ2) is 6.54. The molecule has 3 N–H and O–H groups in total. The number of carbonyl (C=O) groups is 2. The van der Waals surface area contributed by atoms with Crippen molar-refractivity contribution < 1.29 is 9.59 Å². The van der Waals surface area contributed by atoms with Crippen LogP contribution in [0.5, 0.6) is 0 Å². The van der Waals surface area contributed by atoms with Crippen molar-refractivity contribution in [3.63, 3.8) is 0 Å². The number of hydrogen-bond acceptors (Lipinski definition) is 2. The molecule has 0 radical (unpaired) electrons. The lowest BCUT2D eigenvalue weighted by Crippen LogP contribution is -2.47. The van der Waals surface area contributed by atoms with Crippen molar-refractivity contribution in [3.05, 3.63) is 34.3 Å². The van der Waals surface area contributed by atoms with Gasteiger partial charge in [-0.05, 0) is 17.7 Å². The topological polar surface area (TPSA) is 72.2 Å².